The smallest absolute Gasteiger partial charge is 0.195 e. The van der Waals surface area contributed by atoms with Gasteiger partial charge in [-0.3, -0.25) is 4.79 Å². The van der Waals surface area contributed by atoms with Crippen molar-refractivity contribution in [2.75, 3.05) is 0 Å². The van der Waals surface area contributed by atoms with Crippen LogP contribution >= 0.6 is 0 Å². The first-order chi connectivity index (χ1) is 10.2. The second kappa shape index (κ2) is 4.59. The van der Waals surface area contributed by atoms with Crippen molar-refractivity contribution in [3.63, 3.8) is 0 Å². The molecule has 1 heterocycles. The van der Waals surface area contributed by atoms with E-state index in [2.05, 4.69) is 36.2 Å². The number of aryl methyl sites for hydroxylation is 3. The van der Waals surface area contributed by atoms with Gasteiger partial charge in [-0.2, -0.15) is 0 Å². The molecule has 2 aromatic carbocycles. The van der Waals surface area contributed by atoms with Gasteiger partial charge in [0.05, 0.1) is 0 Å². The first kappa shape index (κ1) is 12.4. The van der Waals surface area contributed by atoms with Crippen molar-refractivity contribution in [2.45, 2.75) is 26.2 Å². The average Bonchev–Trinajstić information content (AvgIpc) is 3.11. The van der Waals surface area contributed by atoms with Gasteiger partial charge in [0.25, 0.3) is 0 Å². The third-order valence-electron chi connectivity index (χ3n) is 4.44. The van der Waals surface area contributed by atoms with Crippen molar-refractivity contribution in [3.8, 4) is 0 Å². The highest BCUT2D eigenvalue weighted by Gasteiger charge is 2.17. The SMILES string of the molecule is Cc1ccc2[nH]cc(C(=O)c3ccc4c(c3)CCC4)c2c1. The molecule has 3 aromatic rings. The van der Waals surface area contributed by atoms with Crippen LogP contribution in [0.4, 0.5) is 0 Å². The quantitative estimate of drug-likeness (QED) is 0.699. The third-order valence-corrected chi connectivity index (χ3v) is 4.44. The number of fused-ring (bicyclic) bond motifs is 2. The number of ketones is 1. The van der Waals surface area contributed by atoms with Crippen molar-refractivity contribution < 1.29 is 4.79 Å². The number of benzene rings is 2. The number of hydrogen-bond donors (Lipinski definition) is 1. The van der Waals surface area contributed by atoms with Crippen molar-refractivity contribution in [2.24, 2.45) is 0 Å². The van der Waals surface area contributed by atoms with Gasteiger partial charge in [-0.1, -0.05) is 23.8 Å². The topological polar surface area (TPSA) is 32.9 Å². The first-order valence-corrected chi connectivity index (χ1v) is 7.46. The molecule has 0 amide bonds. The molecule has 0 aliphatic heterocycles. The molecule has 2 heteroatoms. The number of nitrogens with one attached hydrogen (secondary N) is 1. The molecule has 2 nitrogen and oxygen atoms in total. The van der Waals surface area contributed by atoms with Crippen LogP contribution in [-0.4, -0.2) is 10.8 Å². The summed E-state index contributed by atoms with van der Waals surface area (Å²) in [6.45, 7) is 2.05. The normalized spacial score (nSPS) is 13.6. The summed E-state index contributed by atoms with van der Waals surface area (Å²) < 4.78 is 0. The second-order valence-corrected chi connectivity index (χ2v) is 5.92. The van der Waals surface area contributed by atoms with Crippen LogP contribution in [0.3, 0.4) is 0 Å². The van der Waals surface area contributed by atoms with Gasteiger partial charge in [-0.15, -0.1) is 0 Å². The van der Waals surface area contributed by atoms with E-state index in [-0.39, 0.29) is 5.78 Å². The molecule has 0 bridgehead atoms. The molecule has 1 aromatic heterocycles. The maximum atomic E-state index is 12.8. The van der Waals surface area contributed by atoms with Crippen molar-refractivity contribution in [3.05, 3.63) is 70.4 Å². The Hall–Kier alpha value is -2.35. The fourth-order valence-corrected chi connectivity index (χ4v) is 3.29. The number of carbonyl (C=O) groups is 1. The highest BCUT2D eigenvalue weighted by atomic mass is 16.1. The molecule has 0 saturated heterocycles. The Labute approximate surface area is 123 Å². The zero-order valence-corrected chi connectivity index (χ0v) is 12.1. The number of aromatic amines is 1. The zero-order chi connectivity index (χ0) is 14.4. The summed E-state index contributed by atoms with van der Waals surface area (Å²) in [4.78, 5) is 16.0. The molecule has 1 aliphatic carbocycles. The Balaban J connectivity index is 1.81. The maximum Gasteiger partial charge on any atom is 0.195 e. The number of aromatic nitrogens is 1. The lowest BCUT2D eigenvalue weighted by Gasteiger charge is -2.04. The van der Waals surface area contributed by atoms with Gasteiger partial charge in [-0.05, 0) is 55.5 Å². The van der Waals surface area contributed by atoms with Gasteiger partial charge >= 0.3 is 0 Å². The largest absolute Gasteiger partial charge is 0.360 e. The van der Waals surface area contributed by atoms with Gasteiger partial charge in [0.2, 0.25) is 0 Å². The Kier molecular flexibility index (Phi) is 2.71. The minimum absolute atomic E-state index is 0.113. The van der Waals surface area contributed by atoms with Crippen LogP contribution in [0.1, 0.15) is 39.0 Å². The standard InChI is InChI=1S/C19H17NO/c1-12-5-8-18-16(9-12)17(11-20-18)19(21)15-7-6-13-3-2-4-14(13)10-15/h5-11,20H,2-4H2,1H3. The number of hydrogen-bond acceptors (Lipinski definition) is 1. The Morgan fingerprint density at radius 1 is 1.05 bits per heavy atom. The van der Waals surface area contributed by atoms with Crippen LogP contribution < -0.4 is 0 Å². The Bertz CT molecular complexity index is 857. The van der Waals surface area contributed by atoms with E-state index in [0.29, 0.717) is 0 Å². The molecule has 4 rings (SSSR count). The fourth-order valence-electron chi connectivity index (χ4n) is 3.29. The summed E-state index contributed by atoms with van der Waals surface area (Å²) in [6.07, 6.45) is 5.29. The molecule has 104 valence electrons. The molecule has 0 radical (unpaired) electrons. The highest BCUT2D eigenvalue weighted by molar-refractivity contribution is 6.16. The van der Waals surface area contributed by atoms with E-state index in [9.17, 15) is 4.79 Å². The van der Waals surface area contributed by atoms with Gasteiger partial charge in [-0.25, -0.2) is 0 Å². The van der Waals surface area contributed by atoms with E-state index in [1.807, 2.05) is 18.3 Å². The fraction of sp³-hybridized carbons (Fsp3) is 0.211. The lowest BCUT2D eigenvalue weighted by molar-refractivity contribution is 0.104. The molecule has 0 fully saturated rings. The van der Waals surface area contributed by atoms with Crippen LogP contribution in [0, 0.1) is 6.92 Å². The van der Waals surface area contributed by atoms with E-state index >= 15 is 0 Å². The van der Waals surface area contributed by atoms with E-state index in [1.54, 1.807) is 0 Å². The van der Waals surface area contributed by atoms with Gasteiger partial charge in [0.15, 0.2) is 5.78 Å². The predicted molar refractivity (Wildman–Crippen MR) is 84.9 cm³/mol. The number of H-pyrrole nitrogens is 1. The monoisotopic (exact) mass is 275 g/mol. The molecule has 0 spiro atoms. The van der Waals surface area contributed by atoms with Crippen molar-refractivity contribution in [1.82, 2.24) is 4.98 Å². The first-order valence-electron chi connectivity index (χ1n) is 7.46. The van der Waals surface area contributed by atoms with Gasteiger partial charge < -0.3 is 4.98 Å². The van der Waals surface area contributed by atoms with Crippen molar-refractivity contribution >= 4 is 16.7 Å². The van der Waals surface area contributed by atoms with Crippen LogP contribution in [0.5, 0.6) is 0 Å². The summed E-state index contributed by atoms with van der Waals surface area (Å²) in [5.41, 5.74) is 6.51. The molecule has 0 unspecified atom stereocenters. The van der Waals surface area contributed by atoms with Gasteiger partial charge in [0.1, 0.15) is 0 Å². The molecule has 1 N–H and O–H groups in total. The number of rotatable bonds is 2. The lowest BCUT2D eigenvalue weighted by Crippen LogP contribution is -2.01. The van der Waals surface area contributed by atoms with Crippen LogP contribution in [0.15, 0.2) is 42.6 Å². The summed E-state index contributed by atoms with van der Waals surface area (Å²) in [5.74, 6) is 0.113. The van der Waals surface area contributed by atoms with Crippen LogP contribution in [0.25, 0.3) is 10.9 Å². The summed E-state index contributed by atoms with van der Waals surface area (Å²) >= 11 is 0. The molecule has 21 heavy (non-hydrogen) atoms. The minimum Gasteiger partial charge on any atom is -0.360 e. The summed E-state index contributed by atoms with van der Waals surface area (Å²) in [7, 11) is 0. The molecular weight excluding hydrogens is 258 g/mol. The zero-order valence-electron chi connectivity index (χ0n) is 12.1. The summed E-state index contributed by atoms with van der Waals surface area (Å²) in [5, 5.41) is 1.01. The van der Waals surface area contributed by atoms with Crippen LogP contribution in [-0.2, 0) is 12.8 Å². The Morgan fingerprint density at radius 2 is 1.90 bits per heavy atom. The predicted octanol–water partition coefficient (Wildman–Crippen LogP) is 4.20. The van der Waals surface area contributed by atoms with E-state index in [4.69, 9.17) is 0 Å². The van der Waals surface area contributed by atoms with E-state index < -0.39 is 0 Å². The molecule has 1 aliphatic rings. The highest BCUT2D eigenvalue weighted by Crippen LogP contribution is 2.26. The van der Waals surface area contributed by atoms with E-state index in [0.717, 1.165) is 34.9 Å². The number of carbonyl (C=O) groups excluding carboxylic acids is 1. The molecule has 0 atom stereocenters. The van der Waals surface area contributed by atoms with E-state index in [1.165, 1.54) is 23.1 Å². The maximum absolute atomic E-state index is 12.8. The molecule has 0 saturated carbocycles. The van der Waals surface area contributed by atoms with Crippen molar-refractivity contribution in [1.29, 1.82) is 0 Å². The molecular formula is C19H17NO. The van der Waals surface area contributed by atoms with Crippen LogP contribution in [0.2, 0.25) is 0 Å². The Morgan fingerprint density at radius 3 is 2.81 bits per heavy atom. The minimum atomic E-state index is 0.113. The third kappa shape index (κ3) is 1.99. The lowest BCUT2D eigenvalue weighted by atomic mass is 9.98. The summed E-state index contributed by atoms with van der Waals surface area (Å²) in [6, 6.07) is 12.3. The second-order valence-electron chi connectivity index (χ2n) is 5.92. The van der Waals surface area contributed by atoms with Gasteiger partial charge in [0, 0.05) is 28.2 Å². The average molecular weight is 275 g/mol.